The first-order valence-electron chi connectivity index (χ1n) is 7.21. The Kier molecular flexibility index (Phi) is 6.62. The van der Waals surface area contributed by atoms with Crippen molar-refractivity contribution < 1.29 is 18.7 Å². The van der Waals surface area contributed by atoms with E-state index in [1.807, 2.05) is 6.07 Å². The molecule has 0 atom stereocenters. The first kappa shape index (κ1) is 17.8. The molecular formula is C17H17BrN2O4. The topological polar surface area (TPSA) is 80.6 Å². The minimum atomic E-state index is -0.292. The average Bonchev–Trinajstić information content (AvgIpc) is 3.06. The third kappa shape index (κ3) is 5.58. The number of methoxy groups -OCH3 is 1. The number of amides is 2. The zero-order valence-corrected chi connectivity index (χ0v) is 14.6. The second-order valence-electron chi connectivity index (χ2n) is 4.78. The molecule has 1 heterocycles. The fourth-order valence-electron chi connectivity index (χ4n) is 1.89. The molecule has 0 bridgehead atoms. The van der Waals surface area contributed by atoms with Crippen molar-refractivity contribution in [2.75, 3.05) is 19.0 Å². The van der Waals surface area contributed by atoms with E-state index in [9.17, 15) is 9.59 Å². The monoisotopic (exact) mass is 392 g/mol. The van der Waals surface area contributed by atoms with Gasteiger partial charge in [-0.1, -0.05) is 15.9 Å². The Morgan fingerprint density at radius 2 is 2.17 bits per heavy atom. The van der Waals surface area contributed by atoms with Gasteiger partial charge in [0.05, 0.1) is 19.1 Å². The first-order valence-corrected chi connectivity index (χ1v) is 8.00. The summed E-state index contributed by atoms with van der Waals surface area (Å²) in [5, 5.41) is 5.39. The summed E-state index contributed by atoms with van der Waals surface area (Å²) in [5.41, 5.74) is 0.570. The van der Waals surface area contributed by atoms with Crippen molar-refractivity contribution in [3.05, 3.63) is 52.9 Å². The molecule has 0 fully saturated rings. The molecule has 1 aromatic carbocycles. The highest BCUT2D eigenvalue weighted by Gasteiger charge is 2.08. The highest BCUT2D eigenvalue weighted by atomic mass is 79.9. The molecule has 0 aliphatic heterocycles. The Labute approximate surface area is 148 Å². The molecule has 2 rings (SSSR count). The Morgan fingerprint density at radius 1 is 1.33 bits per heavy atom. The Morgan fingerprint density at radius 3 is 2.88 bits per heavy atom. The molecule has 6 nitrogen and oxygen atoms in total. The number of hydrogen-bond donors (Lipinski definition) is 2. The van der Waals surface area contributed by atoms with Gasteiger partial charge >= 0.3 is 0 Å². The van der Waals surface area contributed by atoms with E-state index >= 15 is 0 Å². The van der Waals surface area contributed by atoms with Crippen LogP contribution in [0.25, 0.3) is 6.08 Å². The number of halogens is 1. The van der Waals surface area contributed by atoms with Crippen molar-refractivity contribution in [1.82, 2.24) is 5.32 Å². The molecule has 0 spiro atoms. The Bertz CT molecular complexity index is 726. The smallest absolute Gasteiger partial charge is 0.244 e. The minimum Gasteiger partial charge on any atom is -0.495 e. The first-order chi connectivity index (χ1) is 11.6. The standard InChI is InChI=1S/C17H17BrN2O4/c1-23-15-6-4-12(18)11-14(15)20-17(22)8-9-19-16(21)7-5-13-3-2-10-24-13/h2-7,10-11H,8-9H2,1H3,(H,19,21)(H,20,22). The number of benzene rings is 1. The van der Waals surface area contributed by atoms with Crippen molar-refractivity contribution in [3.8, 4) is 5.75 Å². The minimum absolute atomic E-state index is 0.149. The van der Waals surface area contributed by atoms with Gasteiger partial charge in [-0.05, 0) is 36.4 Å². The van der Waals surface area contributed by atoms with E-state index in [4.69, 9.17) is 9.15 Å². The molecule has 2 N–H and O–H groups in total. The molecule has 1 aromatic heterocycles. The highest BCUT2D eigenvalue weighted by Crippen LogP contribution is 2.27. The van der Waals surface area contributed by atoms with Crippen LogP contribution < -0.4 is 15.4 Å². The molecule has 0 saturated carbocycles. The van der Waals surface area contributed by atoms with E-state index < -0.39 is 0 Å². The van der Waals surface area contributed by atoms with E-state index in [0.717, 1.165) is 4.47 Å². The predicted molar refractivity (Wildman–Crippen MR) is 94.7 cm³/mol. The number of ether oxygens (including phenoxy) is 1. The van der Waals surface area contributed by atoms with E-state index in [1.54, 1.807) is 30.3 Å². The van der Waals surface area contributed by atoms with E-state index in [1.165, 1.54) is 19.4 Å². The Hall–Kier alpha value is -2.54. The van der Waals surface area contributed by atoms with Crippen LogP contribution in [0.1, 0.15) is 12.2 Å². The second-order valence-corrected chi connectivity index (χ2v) is 5.70. The van der Waals surface area contributed by atoms with Crippen LogP contribution in [-0.4, -0.2) is 25.5 Å². The van der Waals surface area contributed by atoms with Crippen LogP contribution in [0.15, 0.2) is 51.6 Å². The molecule has 0 radical (unpaired) electrons. The van der Waals surface area contributed by atoms with Crippen LogP contribution in [0.2, 0.25) is 0 Å². The van der Waals surface area contributed by atoms with Crippen molar-refractivity contribution in [2.45, 2.75) is 6.42 Å². The summed E-state index contributed by atoms with van der Waals surface area (Å²) in [5.74, 6) is 0.641. The maximum Gasteiger partial charge on any atom is 0.244 e. The summed E-state index contributed by atoms with van der Waals surface area (Å²) in [6.07, 6.45) is 4.59. The molecular weight excluding hydrogens is 376 g/mol. The predicted octanol–water partition coefficient (Wildman–Crippen LogP) is 3.21. The lowest BCUT2D eigenvalue weighted by Crippen LogP contribution is -2.26. The third-order valence-electron chi connectivity index (χ3n) is 3.03. The van der Waals surface area contributed by atoms with Gasteiger partial charge in [-0.25, -0.2) is 0 Å². The lowest BCUT2D eigenvalue weighted by atomic mass is 10.2. The molecule has 0 aliphatic rings. The molecule has 24 heavy (non-hydrogen) atoms. The maximum atomic E-state index is 12.0. The van der Waals surface area contributed by atoms with Gasteiger partial charge in [-0.15, -0.1) is 0 Å². The number of nitrogens with one attached hydrogen (secondary N) is 2. The lowest BCUT2D eigenvalue weighted by molar-refractivity contribution is -0.117. The zero-order valence-electron chi connectivity index (χ0n) is 13.0. The van der Waals surface area contributed by atoms with Gasteiger partial charge in [0, 0.05) is 23.5 Å². The molecule has 0 aliphatic carbocycles. The van der Waals surface area contributed by atoms with Crippen LogP contribution in [0, 0.1) is 0 Å². The van der Waals surface area contributed by atoms with Crippen LogP contribution in [0.4, 0.5) is 5.69 Å². The van der Waals surface area contributed by atoms with Gasteiger partial charge in [-0.3, -0.25) is 9.59 Å². The quantitative estimate of drug-likeness (QED) is 0.708. The number of hydrogen-bond acceptors (Lipinski definition) is 4. The van der Waals surface area contributed by atoms with Crippen LogP contribution in [-0.2, 0) is 9.59 Å². The normalized spacial score (nSPS) is 10.6. The van der Waals surface area contributed by atoms with E-state index in [2.05, 4.69) is 26.6 Å². The van der Waals surface area contributed by atoms with Crippen LogP contribution in [0.3, 0.4) is 0 Å². The molecule has 7 heteroatoms. The van der Waals surface area contributed by atoms with E-state index in [-0.39, 0.29) is 24.8 Å². The molecule has 126 valence electrons. The summed E-state index contributed by atoms with van der Waals surface area (Å²) in [6, 6.07) is 8.79. The van der Waals surface area contributed by atoms with E-state index in [0.29, 0.717) is 17.2 Å². The molecule has 0 saturated heterocycles. The number of anilines is 1. The zero-order chi connectivity index (χ0) is 17.4. The Balaban J connectivity index is 1.77. The fourth-order valence-corrected chi connectivity index (χ4v) is 2.25. The number of carbonyl (C=O) groups is 2. The second kappa shape index (κ2) is 8.93. The lowest BCUT2D eigenvalue weighted by Gasteiger charge is -2.10. The SMILES string of the molecule is COc1ccc(Br)cc1NC(=O)CCNC(=O)C=Cc1ccco1. The summed E-state index contributed by atoms with van der Waals surface area (Å²) < 4.78 is 11.1. The van der Waals surface area contributed by atoms with Crippen LogP contribution >= 0.6 is 15.9 Å². The highest BCUT2D eigenvalue weighted by molar-refractivity contribution is 9.10. The third-order valence-corrected chi connectivity index (χ3v) is 3.52. The van der Waals surface area contributed by atoms with Gasteiger partial charge in [0.25, 0.3) is 0 Å². The maximum absolute atomic E-state index is 12.0. The number of rotatable bonds is 7. The van der Waals surface area contributed by atoms with Gasteiger partial charge in [0.15, 0.2) is 0 Å². The van der Waals surface area contributed by atoms with Crippen molar-refractivity contribution in [3.63, 3.8) is 0 Å². The summed E-state index contributed by atoms with van der Waals surface area (Å²) in [4.78, 5) is 23.6. The summed E-state index contributed by atoms with van der Waals surface area (Å²) in [7, 11) is 1.53. The van der Waals surface area contributed by atoms with Crippen molar-refractivity contribution >= 4 is 39.5 Å². The molecule has 2 amide bonds. The van der Waals surface area contributed by atoms with Crippen molar-refractivity contribution in [1.29, 1.82) is 0 Å². The van der Waals surface area contributed by atoms with Crippen LogP contribution in [0.5, 0.6) is 5.75 Å². The largest absolute Gasteiger partial charge is 0.495 e. The van der Waals surface area contributed by atoms with Gasteiger partial charge in [0.1, 0.15) is 11.5 Å². The van der Waals surface area contributed by atoms with Gasteiger partial charge < -0.3 is 19.8 Å². The number of carbonyl (C=O) groups excluding carboxylic acids is 2. The van der Waals surface area contributed by atoms with Gasteiger partial charge in [0.2, 0.25) is 11.8 Å². The fraction of sp³-hybridized carbons (Fsp3) is 0.176. The van der Waals surface area contributed by atoms with Crippen molar-refractivity contribution in [2.24, 2.45) is 0 Å². The average molecular weight is 393 g/mol. The summed E-state index contributed by atoms with van der Waals surface area (Å²) >= 11 is 3.34. The molecule has 2 aromatic rings. The molecule has 0 unspecified atom stereocenters. The summed E-state index contributed by atoms with van der Waals surface area (Å²) in [6.45, 7) is 0.226. The number of furan rings is 1. The van der Waals surface area contributed by atoms with Gasteiger partial charge in [-0.2, -0.15) is 0 Å².